The van der Waals surface area contributed by atoms with E-state index >= 15 is 0 Å². The van der Waals surface area contributed by atoms with Crippen molar-refractivity contribution in [3.8, 4) is 0 Å². The quantitative estimate of drug-likeness (QED) is 0.174. The molecule has 3 aliphatic rings. The first-order chi connectivity index (χ1) is 15.1. The molecule has 1 aliphatic carbocycles. The van der Waals surface area contributed by atoms with Crippen molar-refractivity contribution in [2.24, 2.45) is 22.9 Å². The Morgan fingerprint density at radius 1 is 0.594 bits per heavy atom. The molecule has 2 saturated heterocycles. The van der Waals surface area contributed by atoms with Crippen LogP contribution in [-0.2, 0) is 18.9 Å². The third-order valence-corrected chi connectivity index (χ3v) is 6.38. The van der Waals surface area contributed by atoms with Gasteiger partial charge in [-0.15, -0.1) is 0 Å². The highest BCUT2D eigenvalue weighted by molar-refractivity contribution is 4.96. The molecule has 1 saturated carbocycles. The van der Waals surface area contributed by atoms with Crippen molar-refractivity contribution >= 4 is 0 Å². The fourth-order valence-corrected chi connectivity index (χ4v) is 4.30. The lowest BCUT2D eigenvalue weighted by molar-refractivity contribution is -0.323. The summed E-state index contributed by atoms with van der Waals surface area (Å²) in [5.74, 6) is 0. The maximum absolute atomic E-state index is 10.2. The molecule has 14 N–H and O–H groups in total. The Bertz CT molecular complexity index is 556. The van der Waals surface area contributed by atoms with Gasteiger partial charge >= 0.3 is 0 Å². The fraction of sp³-hybridized carbons (Fsp3) is 1.00. The highest BCUT2D eigenvalue weighted by Crippen LogP contribution is 2.31. The van der Waals surface area contributed by atoms with Gasteiger partial charge in [-0.05, 0) is 6.42 Å². The molecule has 14 atom stereocenters. The van der Waals surface area contributed by atoms with Crippen molar-refractivity contribution in [2.75, 3.05) is 13.1 Å². The van der Waals surface area contributed by atoms with Crippen LogP contribution in [0.4, 0.5) is 0 Å². The molecular weight excluding hydrogens is 432 g/mol. The van der Waals surface area contributed by atoms with Crippen LogP contribution in [0.25, 0.3) is 0 Å². The summed E-state index contributed by atoms with van der Waals surface area (Å²) in [7, 11) is 0. The van der Waals surface area contributed by atoms with E-state index in [0.717, 1.165) is 0 Å². The van der Waals surface area contributed by atoms with Gasteiger partial charge in [-0.3, -0.25) is 0 Å². The van der Waals surface area contributed by atoms with Crippen LogP contribution in [-0.4, -0.2) is 129 Å². The van der Waals surface area contributed by atoms with E-state index in [1.165, 1.54) is 0 Å². The highest BCUT2D eigenvalue weighted by atomic mass is 16.7. The van der Waals surface area contributed by atoms with Gasteiger partial charge in [0, 0.05) is 31.6 Å². The van der Waals surface area contributed by atoms with Gasteiger partial charge in [-0.1, -0.05) is 0 Å². The van der Waals surface area contributed by atoms with Gasteiger partial charge in [0.15, 0.2) is 12.6 Å². The second kappa shape index (κ2) is 10.8. The maximum Gasteiger partial charge on any atom is 0.186 e. The van der Waals surface area contributed by atoms with E-state index in [-0.39, 0.29) is 25.9 Å². The van der Waals surface area contributed by atoms with E-state index in [2.05, 4.69) is 0 Å². The molecule has 188 valence electrons. The van der Waals surface area contributed by atoms with Gasteiger partial charge in [0.1, 0.15) is 48.8 Å². The van der Waals surface area contributed by atoms with Crippen LogP contribution in [0.2, 0.25) is 0 Å². The zero-order valence-corrected chi connectivity index (χ0v) is 17.5. The predicted octanol–water partition coefficient (Wildman–Crippen LogP) is -6.26. The topological polar surface area (TPSA) is 262 Å². The highest BCUT2D eigenvalue weighted by Gasteiger charge is 2.48. The molecule has 14 nitrogen and oxygen atoms in total. The first-order valence-electron chi connectivity index (χ1n) is 10.7. The Balaban J connectivity index is 1.66. The third-order valence-electron chi connectivity index (χ3n) is 6.38. The van der Waals surface area contributed by atoms with E-state index in [1.807, 2.05) is 0 Å². The van der Waals surface area contributed by atoms with Crippen molar-refractivity contribution in [1.82, 2.24) is 0 Å². The zero-order chi connectivity index (χ0) is 23.7. The van der Waals surface area contributed by atoms with Crippen LogP contribution in [0.5, 0.6) is 0 Å². The van der Waals surface area contributed by atoms with Crippen LogP contribution in [0, 0.1) is 0 Å². The second-order valence-corrected chi connectivity index (χ2v) is 8.65. The molecule has 0 radical (unpaired) electrons. The average Bonchev–Trinajstić information content (AvgIpc) is 2.77. The molecule has 0 aromatic heterocycles. The molecular formula is C18H36N4O10. The van der Waals surface area contributed by atoms with E-state index in [9.17, 15) is 30.6 Å². The van der Waals surface area contributed by atoms with E-state index < -0.39 is 85.7 Å². The Morgan fingerprint density at radius 3 is 1.31 bits per heavy atom. The van der Waals surface area contributed by atoms with Gasteiger partial charge in [0.05, 0.1) is 12.2 Å². The van der Waals surface area contributed by atoms with Gasteiger partial charge in [-0.2, -0.15) is 0 Å². The summed E-state index contributed by atoms with van der Waals surface area (Å²) in [4.78, 5) is 0. The molecule has 0 amide bonds. The van der Waals surface area contributed by atoms with Crippen molar-refractivity contribution < 1.29 is 49.6 Å². The Morgan fingerprint density at radius 2 is 0.969 bits per heavy atom. The summed E-state index contributed by atoms with van der Waals surface area (Å²) in [5.41, 5.74) is 23.4. The number of nitrogens with two attached hydrogens (primary N) is 4. The molecule has 0 aromatic carbocycles. The summed E-state index contributed by atoms with van der Waals surface area (Å²) in [6, 6.07) is -1.13. The summed E-state index contributed by atoms with van der Waals surface area (Å²) < 4.78 is 22.6. The molecule has 32 heavy (non-hydrogen) atoms. The molecule has 3 rings (SSSR count). The van der Waals surface area contributed by atoms with Gasteiger partial charge in [0.2, 0.25) is 0 Å². The van der Waals surface area contributed by atoms with Crippen LogP contribution in [0.3, 0.4) is 0 Å². The third kappa shape index (κ3) is 5.24. The van der Waals surface area contributed by atoms with E-state index in [1.54, 1.807) is 0 Å². The number of hydrogen-bond donors (Lipinski definition) is 10. The number of aliphatic hydroxyl groups is 6. The first kappa shape index (κ1) is 26.1. The van der Waals surface area contributed by atoms with E-state index in [4.69, 9.17) is 41.9 Å². The number of aliphatic hydroxyl groups excluding tert-OH is 6. The van der Waals surface area contributed by atoms with Crippen LogP contribution in [0.1, 0.15) is 12.8 Å². The predicted molar refractivity (Wildman–Crippen MR) is 106 cm³/mol. The minimum atomic E-state index is -1.54. The van der Waals surface area contributed by atoms with Crippen molar-refractivity contribution in [1.29, 1.82) is 0 Å². The molecule has 0 spiro atoms. The Labute approximate surface area is 185 Å². The lowest BCUT2D eigenvalue weighted by Gasteiger charge is -2.46. The van der Waals surface area contributed by atoms with E-state index in [0.29, 0.717) is 0 Å². The standard InChI is InChI=1S/C18H36N4O10/c19-3-9-11(23)13(25)15(27)17(31-9)29-7-2-8(6(22)1-5(7)21)30-18-16(28)14(26)12(24)10(4-20)32-18/h5-18,23-28H,1-4,19-22H2/t5-,6-,7-,8?,9-,10-,11?,12-,13+,14?,15-,16-,17+,18?/m1/s1. The zero-order valence-electron chi connectivity index (χ0n) is 17.5. The minimum absolute atomic E-state index is 0.106. The molecule has 2 aliphatic heterocycles. The summed E-state index contributed by atoms with van der Waals surface area (Å²) in [6.07, 6.45) is -14.5. The monoisotopic (exact) mass is 468 g/mol. The largest absolute Gasteiger partial charge is 0.388 e. The second-order valence-electron chi connectivity index (χ2n) is 8.65. The fourth-order valence-electron chi connectivity index (χ4n) is 4.30. The summed E-state index contributed by atoms with van der Waals surface area (Å²) in [5, 5.41) is 60.5. The van der Waals surface area contributed by atoms with Crippen LogP contribution in [0.15, 0.2) is 0 Å². The van der Waals surface area contributed by atoms with Crippen LogP contribution < -0.4 is 22.9 Å². The smallest absolute Gasteiger partial charge is 0.186 e. The van der Waals surface area contributed by atoms with Gasteiger partial charge in [0.25, 0.3) is 0 Å². The van der Waals surface area contributed by atoms with Crippen molar-refractivity contribution in [2.45, 2.75) is 98.5 Å². The molecule has 3 fully saturated rings. The first-order valence-corrected chi connectivity index (χ1v) is 10.7. The molecule has 2 heterocycles. The number of rotatable bonds is 6. The van der Waals surface area contributed by atoms with Crippen molar-refractivity contribution in [3.05, 3.63) is 0 Å². The van der Waals surface area contributed by atoms with Crippen molar-refractivity contribution in [3.63, 3.8) is 0 Å². The summed E-state index contributed by atoms with van der Waals surface area (Å²) in [6.45, 7) is -0.211. The average molecular weight is 469 g/mol. The SMILES string of the molecule is NC[C@H]1O[C@H](O[C@@H]2CC(OC3O[C@H](CN)[C@@H](O)C(O)[C@H]3O)[C@H](N)C[C@H]2N)[C@H](O)[C@@H](O)C1O. The molecule has 0 aromatic rings. The molecule has 14 heteroatoms. The maximum atomic E-state index is 10.2. The summed E-state index contributed by atoms with van der Waals surface area (Å²) >= 11 is 0. The normalized spacial score (nSPS) is 52.7. The lowest BCUT2D eigenvalue weighted by Crippen LogP contribution is -2.64. The Kier molecular flexibility index (Phi) is 8.79. The lowest BCUT2D eigenvalue weighted by atomic mass is 9.86. The van der Waals surface area contributed by atoms with Crippen LogP contribution >= 0.6 is 0 Å². The number of hydrogen-bond acceptors (Lipinski definition) is 14. The molecule has 0 bridgehead atoms. The molecule has 4 unspecified atom stereocenters. The number of ether oxygens (including phenoxy) is 4. The van der Waals surface area contributed by atoms with Gasteiger partial charge in [-0.25, -0.2) is 0 Å². The van der Waals surface area contributed by atoms with Gasteiger partial charge < -0.3 is 72.5 Å². The Hall–Kier alpha value is -0.560. The minimum Gasteiger partial charge on any atom is -0.388 e.